The van der Waals surface area contributed by atoms with Gasteiger partial charge in [0.2, 0.25) is 5.91 Å². The summed E-state index contributed by atoms with van der Waals surface area (Å²) in [4.78, 5) is 16.6. The molecule has 2 fully saturated rings. The molecule has 0 aromatic carbocycles. The number of rotatable bonds is 3. The third kappa shape index (κ3) is 2.23. The van der Waals surface area contributed by atoms with Crippen LogP contribution in [0.4, 0.5) is 0 Å². The van der Waals surface area contributed by atoms with Gasteiger partial charge in [0.25, 0.3) is 0 Å². The van der Waals surface area contributed by atoms with Crippen molar-refractivity contribution in [3.05, 3.63) is 0 Å². The number of hydrogen-bond donors (Lipinski definition) is 1. The van der Waals surface area contributed by atoms with Gasteiger partial charge in [-0.1, -0.05) is 6.92 Å². The second kappa shape index (κ2) is 4.34. The quantitative estimate of drug-likeness (QED) is 0.750. The highest BCUT2D eigenvalue weighted by atomic mass is 16.2. The van der Waals surface area contributed by atoms with Gasteiger partial charge < -0.3 is 15.5 Å². The summed E-state index contributed by atoms with van der Waals surface area (Å²) in [6, 6.07) is 0. The third-order valence-corrected chi connectivity index (χ3v) is 3.99. The van der Waals surface area contributed by atoms with E-state index in [1.807, 2.05) is 11.8 Å². The highest BCUT2D eigenvalue weighted by Gasteiger charge is 2.46. The molecule has 0 radical (unpaired) electrons. The molecule has 1 saturated heterocycles. The molecule has 4 heteroatoms. The second-order valence-electron chi connectivity index (χ2n) is 5.28. The van der Waals surface area contributed by atoms with Crippen molar-refractivity contribution in [3.8, 4) is 0 Å². The van der Waals surface area contributed by atoms with Gasteiger partial charge >= 0.3 is 0 Å². The summed E-state index contributed by atoms with van der Waals surface area (Å²) in [6.45, 7) is 8.79. The van der Waals surface area contributed by atoms with Crippen LogP contribution in [0, 0.1) is 5.92 Å². The zero-order valence-electron chi connectivity index (χ0n) is 10.4. The number of nitrogens with zero attached hydrogens (tertiary/aromatic N) is 2. The van der Waals surface area contributed by atoms with Gasteiger partial charge in [-0.2, -0.15) is 0 Å². The predicted molar refractivity (Wildman–Crippen MR) is 64.0 cm³/mol. The molecule has 0 spiro atoms. The van der Waals surface area contributed by atoms with Crippen LogP contribution in [0.25, 0.3) is 0 Å². The molecule has 0 aromatic heterocycles. The Bertz CT molecular complexity index is 265. The predicted octanol–water partition coefficient (Wildman–Crippen LogP) is 0.278. The summed E-state index contributed by atoms with van der Waals surface area (Å²) < 4.78 is 0. The van der Waals surface area contributed by atoms with Gasteiger partial charge in [-0.25, -0.2) is 0 Å². The van der Waals surface area contributed by atoms with Crippen molar-refractivity contribution in [2.75, 3.05) is 32.7 Å². The molecule has 1 atom stereocenters. The fourth-order valence-electron chi connectivity index (χ4n) is 2.47. The molecular weight excluding hydrogens is 202 g/mol. The molecule has 2 aliphatic rings. The summed E-state index contributed by atoms with van der Waals surface area (Å²) in [5, 5.41) is 0. The van der Waals surface area contributed by atoms with Gasteiger partial charge in [0.15, 0.2) is 0 Å². The topological polar surface area (TPSA) is 49.6 Å². The van der Waals surface area contributed by atoms with Gasteiger partial charge in [-0.05, 0) is 32.2 Å². The standard InChI is InChI=1S/C12H23N3O/c1-3-14-6-8-15(9-7-14)11(16)12(2,13)10-4-5-10/h10H,3-9,13H2,1-2H3. The average molecular weight is 225 g/mol. The molecule has 1 unspecified atom stereocenters. The molecule has 2 rings (SSSR count). The van der Waals surface area contributed by atoms with Crippen LogP contribution in [0.5, 0.6) is 0 Å². The maximum atomic E-state index is 12.3. The van der Waals surface area contributed by atoms with Crippen LogP contribution in [0.1, 0.15) is 26.7 Å². The van der Waals surface area contributed by atoms with E-state index in [1.165, 1.54) is 0 Å². The first-order valence-electron chi connectivity index (χ1n) is 6.36. The van der Waals surface area contributed by atoms with Gasteiger partial charge in [0.1, 0.15) is 0 Å². The highest BCUT2D eigenvalue weighted by Crippen LogP contribution is 2.39. The second-order valence-corrected chi connectivity index (χ2v) is 5.28. The average Bonchev–Trinajstić information content (AvgIpc) is 3.12. The molecule has 1 heterocycles. The maximum Gasteiger partial charge on any atom is 0.242 e. The Hall–Kier alpha value is -0.610. The van der Waals surface area contributed by atoms with Crippen molar-refractivity contribution >= 4 is 5.91 Å². The lowest BCUT2D eigenvalue weighted by atomic mass is 9.95. The molecule has 2 N–H and O–H groups in total. The van der Waals surface area contributed by atoms with E-state index in [0.29, 0.717) is 5.92 Å². The minimum absolute atomic E-state index is 0.158. The number of amides is 1. The number of likely N-dealkylation sites (N-methyl/N-ethyl adjacent to an activating group) is 1. The van der Waals surface area contributed by atoms with Crippen molar-refractivity contribution in [2.24, 2.45) is 11.7 Å². The van der Waals surface area contributed by atoms with Crippen molar-refractivity contribution in [1.82, 2.24) is 9.80 Å². The smallest absolute Gasteiger partial charge is 0.242 e. The first kappa shape index (κ1) is 11.9. The Balaban J connectivity index is 1.91. The normalized spacial score (nSPS) is 26.6. The Morgan fingerprint density at radius 2 is 1.88 bits per heavy atom. The number of hydrogen-bond acceptors (Lipinski definition) is 3. The lowest BCUT2D eigenvalue weighted by Crippen LogP contribution is -2.59. The monoisotopic (exact) mass is 225 g/mol. The lowest BCUT2D eigenvalue weighted by Gasteiger charge is -2.38. The first-order valence-corrected chi connectivity index (χ1v) is 6.36. The number of carbonyl (C=O) groups is 1. The van der Waals surface area contributed by atoms with Crippen LogP contribution in [0.15, 0.2) is 0 Å². The summed E-state index contributed by atoms with van der Waals surface area (Å²) in [5.41, 5.74) is 5.54. The Kier molecular flexibility index (Phi) is 3.22. The molecule has 0 bridgehead atoms. The van der Waals surface area contributed by atoms with Gasteiger partial charge in [-0.15, -0.1) is 0 Å². The summed E-state index contributed by atoms with van der Waals surface area (Å²) >= 11 is 0. The Labute approximate surface area is 97.8 Å². The van der Waals surface area contributed by atoms with E-state index in [2.05, 4.69) is 11.8 Å². The van der Waals surface area contributed by atoms with E-state index in [0.717, 1.165) is 45.6 Å². The number of nitrogens with two attached hydrogens (primary N) is 1. The molecule has 1 aliphatic carbocycles. The van der Waals surface area contributed by atoms with E-state index in [-0.39, 0.29) is 5.91 Å². The minimum Gasteiger partial charge on any atom is -0.339 e. The van der Waals surface area contributed by atoms with Gasteiger partial charge in [-0.3, -0.25) is 4.79 Å². The molecule has 1 aliphatic heterocycles. The van der Waals surface area contributed by atoms with E-state index < -0.39 is 5.54 Å². The zero-order chi connectivity index (χ0) is 11.8. The molecule has 16 heavy (non-hydrogen) atoms. The molecule has 4 nitrogen and oxygen atoms in total. The number of piperazine rings is 1. The summed E-state index contributed by atoms with van der Waals surface area (Å²) in [7, 11) is 0. The first-order chi connectivity index (χ1) is 7.55. The van der Waals surface area contributed by atoms with Crippen molar-refractivity contribution in [2.45, 2.75) is 32.2 Å². The zero-order valence-corrected chi connectivity index (χ0v) is 10.4. The van der Waals surface area contributed by atoms with Gasteiger partial charge in [0.05, 0.1) is 5.54 Å². The van der Waals surface area contributed by atoms with E-state index in [9.17, 15) is 4.79 Å². The fraction of sp³-hybridized carbons (Fsp3) is 0.917. The molecular formula is C12H23N3O. The summed E-state index contributed by atoms with van der Waals surface area (Å²) in [5.74, 6) is 0.579. The van der Waals surface area contributed by atoms with Crippen LogP contribution in [-0.2, 0) is 4.79 Å². The Morgan fingerprint density at radius 1 is 1.31 bits per heavy atom. The van der Waals surface area contributed by atoms with E-state index in [1.54, 1.807) is 0 Å². The Morgan fingerprint density at radius 3 is 2.31 bits per heavy atom. The van der Waals surface area contributed by atoms with Crippen LogP contribution in [-0.4, -0.2) is 54.0 Å². The third-order valence-electron chi connectivity index (χ3n) is 3.99. The summed E-state index contributed by atoms with van der Waals surface area (Å²) in [6.07, 6.45) is 2.24. The van der Waals surface area contributed by atoms with E-state index >= 15 is 0 Å². The van der Waals surface area contributed by atoms with Crippen molar-refractivity contribution in [3.63, 3.8) is 0 Å². The largest absolute Gasteiger partial charge is 0.339 e. The SMILES string of the molecule is CCN1CCN(C(=O)C(C)(N)C2CC2)CC1. The lowest BCUT2D eigenvalue weighted by molar-refractivity contribution is -0.139. The minimum atomic E-state index is -0.617. The molecule has 92 valence electrons. The van der Waals surface area contributed by atoms with Crippen LogP contribution in [0.3, 0.4) is 0 Å². The highest BCUT2D eigenvalue weighted by molar-refractivity contribution is 5.86. The molecule has 0 aromatic rings. The van der Waals surface area contributed by atoms with Crippen LogP contribution in [0.2, 0.25) is 0 Å². The van der Waals surface area contributed by atoms with Crippen molar-refractivity contribution < 1.29 is 4.79 Å². The van der Waals surface area contributed by atoms with Crippen LogP contribution >= 0.6 is 0 Å². The molecule has 1 amide bonds. The fourth-order valence-corrected chi connectivity index (χ4v) is 2.47. The number of carbonyl (C=O) groups excluding carboxylic acids is 1. The maximum absolute atomic E-state index is 12.3. The van der Waals surface area contributed by atoms with Crippen LogP contribution < -0.4 is 5.73 Å². The molecule has 1 saturated carbocycles. The van der Waals surface area contributed by atoms with Crippen molar-refractivity contribution in [1.29, 1.82) is 0 Å². The van der Waals surface area contributed by atoms with Gasteiger partial charge in [0, 0.05) is 26.2 Å². The van der Waals surface area contributed by atoms with E-state index in [4.69, 9.17) is 5.73 Å².